The van der Waals surface area contributed by atoms with Gasteiger partial charge in [-0.15, -0.1) is 26.3 Å². The Hall–Kier alpha value is -0.800. The second-order valence-corrected chi connectivity index (χ2v) is 4.32. The third-order valence-corrected chi connectivity index (χ3v) is 2.65. The quantitative estimate of drug-likeness (QED) is 0.452. The highest BCUT2D eigenvalue weighted by Gasteiger charge is 2.49. The molecule has 0 aliphatic rings. The SMILES string of the molecule is COC(=O)CP(=O)(OC(F)(F)F)OC(F)(F)F. The molecule has 0 saturated heterocycles. The molecule has 0 aliphatic carbocycles. The Kier molecular flexibility index (Phi) is 4.99. The standard InChI is InChI=1S/C5H5F6O5P/c1-14-3(12)2-17(13,15-4(6,7)8)16-5(9,10)11/h2H2,1H3. The second-order valence-electron chi connectivity index (χ2n) is 2.42. The van der Waals surface area contributed by atoms with Crippen LogP contribution in [0.3, 0.4) is 0 Å². The fraction of sp³-hybridized carbons (Fsp3) is 0.800. The molecule has 0 N–H and O–H groups in total. The molecular weight excluding hydrogens is 285 g/mol. The number of halogens is 6. The molecule has 0 atom stereocenters. The minimum atomic E-state index is -5.76. The van der Waals surface area contributed by atoms with E-state index in [2.05, 4.69) is 13.8 Å². The van der Waals surface area contributed by atoms with E-state index < -0.39 is 32.5 Å². The Morgan fingerprint density at radius 2 is 1.41 bits per heavy atom. The zero-order chi connectivity index (χ0) is 13.9. The Morgan fingerprint density at radius 1 is 1.06 bits per heavy atom. The molecule has 0 spiro atoms. The van der Waals surface area contributed by atoms with E-state index in [9.17, 15) is 35.7 Å². The van der Waals surface area contributed by atoms with Gasteiger partial charge in [0.2, 0.25) is 0 Å². The first-order chi connectivity index (χ1) is 7.37. The smallest absolute Gasteiger partial charge is 0.469 e. The number of hydrogen-bond donors (Lipinski definition) is 0. The predicted octanol–water partition coefficient (Wildman–Crippen LogP) is 2.43. The molecule has 0 aromatic heterocycles. The summed E-state index contributed by atoms with van der Waals surface area (Å²) in [5, 5.41) is 0. The summed E-state index contributed by atoms with van der Waals surface area (Å²) in [6.45, 7) is 0. The van der Waals surface area contributed by atoms with Gasteiger partial charge in [0.15, 0.2) is 0 Å². The van der Waals surface area contributed by atoms with E-state index in [1.54, 1.807) is 0 Å². The van der Waals surface area contributed by atoms with Gasteiger partial charge >= 0.3 is 26.3 Å². The lowest BCUT2D eigenvalue weighted by atomic mass is 10.8. The summed E-state index contributed by atoms with van der Waals surface area (Å²) in [6, 6.07) is 0. The van der Waals surface area contributed by atoms with Crippen LogP contribution in [0.1, 0.15) is 0 Å². The summed E-state index contributed by atoms with van der Waals surface area (Å²) >= 11 is 0. The van der Waals surface area contributed by atoms with E-state index >= 15 is 0 Å². The Balaban J connectivity index is 4.95. The monoisotopic (exact) mass is 290 g/mol. The molecule has 17 heavy (non-hydrogen) atoms. The zero-order valence-corrected chi connectivity index (χ0v) is 8.86. The van der Waals surface area contributed by atoms with Crippen molar-refractivity contribution in [3.63, 3.8) is 0 Å². The molecule has 0 saturated carbocycles. The second kappa shape index (κ2) is 5.23. The molecule has 0 aromatic carbocycles. The summed E-state index contributed by atoms with van der Waals surface area (Å²) in [6.07, 6.45) is -13.1. The largest absolute Gasteiger partial charge is 0.529 e. The normalized spacial score (nSPS) is 13.6. The number of ether oxygens (including phenoxy) is 1. The highest BCUT2D eigenvalue weighted by Crippen LogP contribution is 2.56. The number of rotatable bonds is 4. The molecule has 12 heteroatoms. The van der Waals surface area contributed by atoms with Crippen LogP contribution >= 0.6 is 7.60 Å². The maximum absolute atomic E-state index is 11.7. The lowest BCUT2D eigenvalue weighted by molar-refractivity contribution is -0.307. The maximum Gasteiger partial charge on any atom is 0.529 e. The van der Waals surface area contributed by atoms with Crippen LogP contribution in [-0.2, 0) is 23.1 Å². The maximum atomic E-state index is 11.7. The van der Waals surface area contributed by atoms with E-state index in [-0.39, 0.29) is 0 Å². The minimum Gasteiger partial charge on any atom is -0.469 e. The van der Waals surface area contributed by atoms with Crippen molar-refractivity contribution in [2.75, 3.05) is 13.3 Å². The van der Waals surface area contributed by atoms with Gasteiger partial charge < -0.3 is 4.74 Å². The van der Waals surface area contributed by atoms with Crippen molar-refractivity contribution >= 4 is 13.6 Å². The van der Waals surface area contributed by atoms with E-state index in [4.69, 9.17) is 0 Å². The van der Waals surface area contributed by atoms with E-state index in [0.29, 0.717) is 7.11 Å². The third kappa shape index (κ3) is 8.00. The number of carbonyl (C=O) groups excluding carboxylic acids is 1. The van der Waals surface area contributed by atoms with Crippen molar-refractivity contribution < 1.29 is 49.5 Å². The highest BCUT2D eigenvalue weighted by atomic mass is 31.2. The van der Waals surface area contributed by atoms with Crippen LogP contribution in [0, 0.1) is 0 Å². The first-order valence-corrected chi connectivity index (χ1v) is 5.30. The lowest BCUT2D eigenvalue weighted by Crippen LogP contribution is -2.22. The highest BCUT2D eigenvalue weighted by molar-refractivity contribution is 7.54. The van der Waals surface area contributed by atoms with Gasteiger partial charge in [0.1, 0.15) is 6.16 Å². The average Bonchev–Trinajstić information content (AvgIpc) is 1.94. The number of esters is 1. The summed E-state index contributed by atoms with van der Waals surface area (Å²) in [5.74, 6) is -1.61. The van der Waals surface area contributed by atoms with Crippen molar-refractivity contribution in [2.24, 2.45) is 0 Å². The van der Waals surface area contributed by atoms with Crippen LogP contribution < -0.4 is 0 Å². The molecular formula is C5H5F6O5P. The first kappa shape index (κ1) is 16.2. The van der Waals surface area contributed by atoms with Crippen molar-refractivity contribution in [2.45, 2.75) is 12.7 Å². The number of carbonyl (C=O) groups is 1. The summed E-state index contributed by atoms with van der Waals surface area (Å²) < 4.78 is 90.3. The molecule has 0 heterocycles. The van der Waals surface area contributed by atoms with Gasteiger partial charge in [0.05, 0.1) is 7.11 Å². The topological polar surface area (TPSA) is 61.8 Å². The Labute approximate surface area is 90.2 Å². The molecule has 0 bridgehead atoms. The van der Waals surface area contributed by atoms with Crippen molar-refractivity contribution in [3.8, 4) is 0 Å². The number of hydrogen-bond acceptors (Lipinski definition) is 5. The van der Waals surface area contributed by atoms with Gasteiger partial charge in [-0.1, -0.05) is 0 Å². The van der Waals surface area contributed by atoms with Crippen LogP contribution in [0.2, 0.25) is 0 Å². The fourth-order valence-corrected chi connectivity index (χ4v) is 1.86. The van der Waals surface area contributed by atoms with Crippen LogP contribution in [0.15, 0.2) is 0 Å². The van der Waals surface area contributed by atoms with Crippen LogP contribution in [0.4, 0.5) is 26.3 Å². The molecule has 0 amide bonds. The number of alkyl halides is 6. The van der Waals surface area contributed by atoms with E-state index in [1.165, 1.54) is 0 Å². The predicted molar refractivity (Wildman–Crippen MR) is 38.8 cm³/mol. The molecule has 5 nitrogen and oxygen atoms in total. The van der Waals surface area contributed by atoms with Gasteiger partial charge in [0, 0.05) is 0 Å². The van der Waals surface area contributed by atoms with Gasteiger partial charge in [0.25, 0.3) is 0 Å². The van der Waals surface area contributed by atoms with Crippen molar-refractivity contribution in [1.29, 1.82) is 0 Å². The Bertz CT molecular complexity index is 302. The van der Waals surface area contributed by atoms with Crippen LogP contribution in [0.25, 0.3) is 0 Å². The first-order valence-electron chi connectivity index (χ1n) is 3.58. The zero-order valence-electron chi connectivity index (χ0n) is 7.96. The molecule has 0 radical (unpaired) electrons. The van der Waals surface area contributed by atoms with Gasteiger partial charge in [-0.2, -0.15) is 0 Å². The van der Waals surface area contributed by atoms with E-state index in [0.717, 1.165) is 0 Å². The van der Waals surface area contributed by atoms with E-state index in [1.807, 2.05) is 0 Å². The summed E-state index contributed by atoms with van der Waals surface area (Å²) in [7, 11) is -5.09. The molecule has 0 fully saturated rings. The molecule has 0 rings (SSSR count). The van der Waals surface area contributed by atoms with Crippen LogP contribution in [-0.4, -0.2) is 32.0 Å². The molecule has 102 valence electrons. The molecule has 0 unspecified atom stereocenters. The number of methoxy groups -OCH3 is 1. The summed E-state index contributed by atoms with van der Waals surface area (Å²) in [4.78, 5) is 10.5. The van der Waals surface area contributed by atoms with Gasteiger partial charge in [-0.3, -0.25) is 9.36 Å². The molecule has 0 aliphatic heterocycles. The van der Waals surface area contributed by atoms with Gasteiger partial charge in [-0.25, -0.2) is 9.05 Å². The average molecular weight is 290 g/mol. The third-order valence-electron chi connectivity index (χ3n) is 1.04. The van der Waals surface area contributed by atoms with Gasteiger partial charge in [-0.05, 0) is 0 Å². The van der Waals surface area contributed by atoms with Crippen LogP contribution in [0.5, 0.6) is 0 Å². The minimum absolute atomic E-state index is 0.674. The van der Waals surface area contributed by atoms with Crippen molar-refractivity contribution in [3.05, 3.63) is 0 Å². The Morgan fingerprint density at radius 3 is 1.65 bits per heavy atom. The lowest BCUT2D eigenvalue weighted by Gasteiger charge is -2.19. The fourth-order valence-electron chi connectivity index (χ4n) is 0.621. The summed E-state index contributed by atoms with van der Waals surface area (Å²) in [5.41, 5.74) is 0. The van der Waals surface area contributed by atoms with Crippen molar-refractivity contribution in [1.82, 2.24) is 0 Å². The molecule has 0 aromatic rings.